The van der Waals surface area contributed by atoms with Gasteiger partial charge in [0.2, 0.25) is 0 Å². The van der Waals surface area contributed by atoms with Crippen molar-refractivity contribution in [1.29, 1.82) is 0 Å². The van der Waals surface area contributed by atoms with Gasteiger partial charge in [0.05, 0.1) is 6.61 Å². The first kappa shape index (κ1) is 14.4. The molecule has 100 valence electrons. The van der Waals surface area contributed by atoms with Crippen LogP contribution in [0.25, 0.3) is 0 Å². The van der Waals surface area contributed by atoms with E-state index in [1.54, 1.807) is 0 Å². The number of aliphatic hydroxyl groups is 1. The van der Waals surface area contributed by atoms with Crippen molar-refractivity contribution in [1.82, 2.24) is 0 Å². The lowest BCUT2D eigenvalue weighted by Gasteiger charge is -2.31. The van der Waals surface area contributed by atoms with E-state index in [1.165, 1.54) is 13.8 Å². The maximum atomic E-state index is 13.3. The van der Waals surface area contributed by atoms with Crippen LogP contribution >= 0.6 is 0 Å². The molecular formula is C10H14F4O3. The van der Waals surface area contributed by atoms with Gasteiger partial charge in [-0.05, 0) is 19.9 Å². The molecular weight excluding hydrogens is 244 g/mol. The predicted molar refractivity (Wildman–Crippen MR) is 51.0 cm³/mol. The molecule has 1 fully saturated rings. The van der Waals surface area contributed by atoms with Gasteiger partial charge in [0.15, 0.2) is 11.9 Å². The van der Waals surface area contributed by atoms with Crippen LogP contribution in [0.1, 0.15) is 13.8 Å². The van der Waals surface area contributed by atoms with Gasteiger partial charge in [0.25, 0.3) is 0 Å². The Balaban J connectivity index is 2.83. The Morgan fingerprint density at radius 1 is 1.41 bits per heavy atom. The summed E-state index contributed by atoms with van der Waals surface area (Å²) in [6, 6.07) is 0. The Hall–Kier alpha value is -0.660. The molecule has 1 rings (SSSR count). The van der Waals surface area contributed by atoms with Crippen molar-refractivity contribution in [2.75, 3.05) is 6.61 Å². The number of rotatable bonds is 4. The summed E-state index contributed by atoms with van der Waals surface area (Å²) in [4.78, 5) is 0. The van der Waals surface area contributed by atoms with E-state index in [0.29, 0.717) is 0 Å². The predicted octanol–water partition coefficient (Wildman–Crippen LogP) is 1.96. The fraction of sp³-hybridized carbons (Fsp3) is 0.800. The normalized spacial score (nSPS) is 26.9. The molecule has 1 heterocycles. The van der Waals surface area contributed by atoms with Gasteiger partial charge >= 0.3 is 11.8 Å². The monoisotopic (exact) mass is 258 g/mol. The second-order valence-electron chi connectivity index (χ2n) is 4.26. The Labute approximate surface area is 96.0 Å². The highest BCUT2D eigenvalue weighted by Gasteiger charge is 2.62. The Morgan fingerprint density at radius 3 is 2.29 bits per heavy atom. The summed E-state index contributed by atoms with van der Waals surface area (Å²) in [7, 11) is 0. The number of ether oxygens (including phenoxy) is 2. The van der Waals surface area contributed by atoms with Gasteiger partial charge in [-0.15, -0.1) is 0 Å². The molecule has 1 aliphatic heterocycles. The van der Waals surface area contributed by atoms with Crippen LogP contribution in [-0.2, 0) is 9.47 Å². The van der Waals surface area contributed by atoms with Crippen LogP contribution < -0.4 is 0 Å². The highest BCUT2D eigenvalue weighted by molar-refractivity contribution is 5.04. The van der Waals surface area contributed by atoms with Crippen molar-refractivity contribution < 1.29 is 32.1 Å². The minimum atomic E-state index is -4.66. The molecule has 0 bridgehead atoms. The summed E-state index contributed by atoms with van der Waals surface area (Å²) in [5, 5.41) is 9.29. The third-order valence-corrected chi connectivity index (χ3v) is 2.45. The van der Waals surface area contributed by atoms with Gasteiger partial charge in [0.1, 0.15) is 6.10 Å². The van der Waals surface area contributed by atoms with E-state index in [4.69, 9.17) is 9.47 Å². The highest BCUT2D eigenvalue weighted by atomic mass is 19.3. The van der Waals surface area contributed by atoms with E-state index in [9.17, 15) is 22.7 Å². The first-order valence-electron chi connectivity index (χ1n) is 4.92. The summed E-state index contributed by atoms with van der Waals surface area (Å²) >= 11 is 0. The van der Waals surface area contributed by atoms with E-state index >= 15 is 0 Å². The van der Waals surface area contributed by atoms with E-state index < -0.39 is 29.8 Å². The molecule has 2 atom stereocenters. The maximum Gasteiger partial charge on any atom is 0.341 e. The topological polar surface area (TPSA) is 38.7 Å². The molecule has 0 aromatic carbocycles. The lowest BCUT2D eigenvalue weighted by atomic mass is 10.0. The van der Waals surface area contributed by atoms with Gasteiger partial charge in [-0.25, -0.2) is 0 Å². The Kier molecular flexibility index (Phi) is 3.58. The van der Waals surface area contributed by atoms with Crippen LogP contribution in [-0.4, -0.2) is 41.6 Å². The second-order valence-corrected chi connectivity index (χ2v) is 4.26. The summed E-state index contributed by atoms with van der Waals surface area (Å²) < 4.78 is 62.2. The Bertz CT molecular complexity index is 304. The number of hydrogen-bond donors (Lipinski definition) is 1. The maximum absolute atomic E-state index is 13.3. The van der Waals surface area contributed by atoms with E-state index in [2.05, 4.69) is 6.58 Å². The fourth-order valence-electron chi connectivity index (χ4n) is 1.44. The SMILES string of the molecule is C=CC(F)(F)C(F)(F)[C@@H](O)[C@H]1COC(C)(C)O1. The minimum Gasteiger partial charge on any atom is -0.384 e. The zero-order chi connectivity index (χ0) is 13.5. The summed E-state index contributed by atoms with van der Waals surface area (Å²) in [5.74, 6) is -10.4. The molecule has 0 aromatic rings. The quantitative estimate of drug-likeness (QED) is 0.618. The van der Waals surface area contributed by atoms with Gasteiger partial charge in [-0.2, -0.15) is 17.6 Å². The van der Waals surface area contributed by atoms with E-state index in [0.717, 1.165) is 0 Å². The fourth-order valence-corrected chi connectivity index (χ4v) is 1.44. The van der Waals surface area contributed by atoms with Crippen LogP contribution in [0, 0.1) is 0 Å². The molecule has 0 amide bonds. The molecule has 1 aliphatic rings. The average molecular weight is 258 g/mol. The van der Waals surface area contributed by atoms with Crippen molar-refractivity contribution in [3.05, 3.63) is 12.7 Å². The molecule has 7 heteroatoms. The van der Waals surface area contributed by atoms with Crippen molar-refractivity contribution >= 4 is 0 Å². The zero-order valence-electron chi connectivity index (χ0n) is 9.42. The molecule has 0 aliphatic carbocycles. The first-order valence-corrected chi connectivity index (χ1v) is 4.92. The molecule has 3 nitrogen and oxygen atoms in total. The largest absolute Gasteiger partial charge is 0.384 e. The van der Waals surface area contributed by atoms with Crippen LogP contribution in [0.2, 0.25) is 0 Å². The number of allylic oxidation sites excluding steroid dienone is 1. The van der Waals surface area contributed by atoms with Gasteiger partial charge in [-0.1, -0.05) is 6.58 Å². The highest BCUT2D eigenvalue weighted by Crippen LogP contribution is 2.41. The number of alkyl halides is 4. The van der Waals surface area contributed by atoms with E-state index in [1.807, 2.05) is 0 Å². The van der Waals surface area contributed by atoms with Gasteiger partial charge in [0, 0.05) is 0 Å². The molecule has 0 unspecified atom stereocenters. The molecule has 0 spiro atoms. The van der Waals surface area contributed by atoms with Crippen molar-refractivity contribution in [3.63, 3.8) is 0 Å². The smallest absolute Gasteiger partial charge is 0.341 e. The van der Waals surface area contributed by atoms with Gasteiger partial charge < -0.3 is 14.6 Å². The van der Waals surface area contributed by atoms with Crippen LogP contribution in [0.4, 0.5) is 17.6 Å². The number of aliphatic hydroxyl groups excluding tert-OH is 1. The molecule has 1 saturated heterocycles. The Morgan fingerprint density at radius 2 is 1.94 bits per heavy atom. The lowest BCUT2D eigenvalue weighted by Crippen LogP contribution is -2.54. The van der Waals surface area contributed by atoms with Crippen molar-refractivity contribution in [3.8, 4) is 0 Å². The molecule has 1 N–H and O–H groups in total. The second kappa shape index (κ2) is 4.22. The molecule has 0 saturated carbocycles. The van der Waals surface area contributed by atoms with Crippen molar-refractivity contribution in [2.24, 2.45) is 0 Å². The van der Waals surface area contributed by atoms with Crippen LogP contribution in [0.5, 0.6) is 0 Å². The standard InChI is InChI=1S/C10H14F4O3/c1-4-9(11,12)10(13,14)7(15)6-5-16-8(2,3)17-6/h4,6-7,15H,1,5H2,2-3H3/t6-,7+/m1/s1. The minimum absolute atomic E-state index is 0.197. The molecule has 0 aromatic heterocycles. The summed E-state index contributed by atoms with van der Waals surface area (Å²) in [5.41, 5.74) is 0. The van der Waals surface area contributed by atoms with Crippen molar-refractivity contribution in [2.45, 2.75) is 43.7 Å². The third-order valence-electron chi connectivity index (χ3n) is 2.45. The summed E-state index contributed by atoms with van der Waals surface area (Å²) in [6.07, 6.45) is -4.37. The number of hydrogen-bond acceptors (Lipinski definition) is 3. The first-order chi connectivity index (χ1) is 7.53. The average Bonchev–Trinajstić information content (AvgIpc) is 2.57. The van der Waals surface area contributed by atoms with E-state index in [-0.39, 0.29) is 12.7 Å². The van der Waals surface area contributed by atoms with Gasteiger partial charge in [-0.3, -0.25) is 0 Å². The molecule has 17 heavy (non-hydrogen) atoms. The summed E-state index contributed by atoms with van der Waals surface area (Å²) in [6.45, 7) is 5.11. The third kappa shape index (κ3) is 2.61. The number of halogens is 4. The van der Waals surface area contributed by atoms with Crippen LogP contribution in [0.15, 0.2) is 12.7 Å². The van der Waals surface area contributed by atoms with Crippen LogP contribution in [0.3, 0.4) is 0 Å². The zero-order valence-corrected chi connectivity index (χ0v) is 9.42. The lowest BCUT2D eigenvalue weighted by molar-refractivity contribution is -0.256. The molecule has 0 radical (unpaired) electrons.